The van der Waals surface area contributed by atoms with Crippen molar-refractivity contribution >= 4 is 31.4 Å². The minimum absolute atomic E-state index is 0.742. The average molecular weight is 254 g/mol. The first kappa shape index (κ1) is 10.7. The summed E-state index contributed by atoms with van der Waals surface area (Å²) in [4.78, 5) is 16.3. The van der Waals surface area contributed by atoms with Crippen LogP contribution in [0.15, 0.2) is 47.2 Å². The van der Waals surface area contributed by atoms with Crippen LogP contribution in [0.1, 0.15) is 0 Å². The average Bonchev–Trinajstić information content (AvgIpc) is 2.32. The predicted molar refractivity (Wildman–Crippen MR) is 63.4 cm³/mol. The maximum atomic E-state index is 4.09. The normalized spacial score (nSPS) is 10.1. The van der Waals surface area contributed by atoms with Crippen LogP contribution in [-0.2, 0) is 0 Å². The quantitative estimate of drug-likeness (QED) is 0.614. The smallest absolute Gasteiger partial charge is 0.199 e. The van der Waals surface area contributed by atoms with Crippen molar-refractivity contribution in [1.82, 2.24) is 19.9 Å². The molecule has 2 aromatic rings. The molecule has 0 amide bonds. The van der Waals surface area contributed by atoms with Crippen molar-refractivity contribution in [2.75, 3.05) is 0 Å². The molecule has 15 heavy (non-hydrogen) atoms. The second kappa shape index (κ2) is 5.94. The van der Waals surface area contributed by atoms with E-state index in [1.165, 1.54) is 21.6 Å². The third-order valence-corrected chi connectivity index (χ3v) is 4.68. The summed E-state index contributed by atoms with van der Waals surface area (Å²) in [5.41, 5.74) is 0. The molecular formula is C8H6N4S3. The standard InChI is InChI=1S/C8H6N4S3/c1-3-9-7(10-4-1)13-15-14-8-11-5-2-6-12-8/h1-6H. The fourth-order valence-electron chi connectivity index (χ4n) is 0.735. The van der Waals surface area contributed by atoms with E-state index >= 15 is 0 Å². The van der Waals surface area contributed by atoms with E-state index in [2.05, 4.69) is 19.9 Å². The minimum atomic E-state index is 0.742. The third-order valence-electron chi connectivity index (χ3n) is 1.30. The highest BCUT2D eigenvalue weighted by Gasteiger charge is 2.00. The highest BCUT2D eigenvalue weighted by Crippen LogP contribution is 2.41. The van der Waals surface area contributed by atoms with Crippen LogP contribution in [0, 0.1) is 0 Å². The number of nitrogens with zero attached hydrogens (tertiary/aromatic N) is 4. The van der Waals surface area contributed by atoms with Gasteiger partial charge in [0, 0.05) is 24.8 Å². The second-order valence-corrected chi connectivity index (χ2v) is 6.13. The van der Waals surface area contributed by atoms with Crippen LogP contribution in [0.4, 0.5) is 0 Å². The van der Waals surface area contributed by atoms with Gasteiger partial charge in [-0.25, -0.2) is 19.9 Å². The van der Waals surface area contributed by atoms with Gasteiger partial charge in [-0.3, -0.25) is 0 Å². The number of hydrogen-bond acceptors (Lipinski definition) is 7. The van der Waals surface area contributed by atoms with Gasteiger partial charge in [-0.2, -0.15) is 0 Å². The molecule has 0 atom stereocenters. The maximum absolute atomic E-state index is 4.09. The van der Waals surface area contributed by atoms with Crippen molar-refractivity contribution < 1.29 is 0 Å². The van der Waals surface area contributed by atoms with Gasteiger partial charge >= 0.3 is 0 Å². The summed E-state index contributed by atoms with van der Waals surface area (Å²) in [5.74, 6) is 0. The fourth-order valence-corrected chi connectivity index (χ4v) is 3.69. The summed E-state index contributed by atoms with van der Waals surface area (Å²) < 4.78 is 0. The van der Waals surface area contributed by atoms with Gasteiger partial charge in [-0.15, -0.1) is 0 Å². The van der Waals surface area contributed by atoms with E-state index in [1.807, 2.05) is 0 Å². The minimum Gasteiger partial charge on any atom is -0.230 e. The summed E-state index contributed by atoms with van der Waals surface area (Å²) in [5, 5.41) is 1.48. The monoisotopic (exact) mass is 254 g/mol. The number of aromatic nitrogens is 4. The zero-order valence-corrected chi connectivity index (χ0v) is 9.93. The molecule has 0 N–H and O–H groups in total. The first-order valence-corrected chi connectivity index (χ1v) is 7.49. The van der Waals surface area contributed by atoms with E-state index in [4.69, 9.17) is 0 Å². The van der Waals surface area contributed by atoms with Gasteiger partial charge in [0.05, 0.1) is 0 Å². The topological polar surface area (TPSA) is 51.6 Å². The lowest BCUT2D eigenvalue weighted by Crippen LogP contribution is -1.80. The van der Waals surface area contributed by atoms with Crippen LogP contribution in [0.2, 0.25) is 0 Å². The first-order chi connectivity index (χ1) is 7.45. The van der Waals surface area contributed by atoms with Crippen molar-refractivity contribution in [1.29, 1.82) is 0 Å². The van der Waals surface area contributed by atoms with Gasteiger partial charge in [0.15, 0.2) is 10.3 Å². The number of hydrogen-bond donors (Lipinski definition) is 0. The molecule has 0 aliphatic carbocycles. The molecule has 2 aromatic heterocycles. The molecule has 0 unspecified atom stereocenters. The lowest BCUT2D eigenvalue weighted by Gasteiger charge is -1.96. The summed E-state index contributed by atoms with van der Waals surface area (Å²) in [6, 6.07) is 3.59. The maximum Gasteiger partial charge on any atom is 0.199 e. The molecule has 0 bridgehead atoms. The SMILES string of the molecule is c1cnc(SSSc2ncccn2)nc1. The van der Waals surface area contributed by atoms with Crippen LogP contribution in [0.25, 0.3) is 0 Å². The molecule has 0 aliphatic rings. The van der Waals surface area contributed by atoms with Crippen molar-refractivity contribution in [3.8, 4) is 0 Å². The van der Waals surface area contributed by atoms with E-state index in [0.29, 0.717) is 0 Å². The van der Waals surface area contributed by atoms with E-state index in [9.17, 15) is 0 Å². The molecule has 0 aromatic carbocycles. The van der Waals surface area contributed by atoms with E-state index in [1.54, 1.807) is 46.7 Å². The van der Waals surface area contributed by atoms with Gasteiger partial charge in [0.1, 0.15) is 0 Å². The summed E-state index contributed by atoms with van der Waals surface area (Å²) in [6.45, 7) is 0. The van der Waals surface area contributed by atoms with Crippen molar-refractivity contribution in [2.24, 2.45) is 0 Å². The number of rotatable bonds is 4. The lowest BCUT2D eigenvalue weighted by molar-refractivity contribution is 0.972. The molecule has 0 saturated carbocycles. The molecule has 4 nitrogen and oxygen atoms in total. The van der Waals surface area contributed by atoms with Crippen molar-refractivity contribution in [3.63, 3.8) is 0 Å². The van der Waals surface area contributed by atoms with Crippen LogP contribution in [0.3, 0.4) is 0 Å². The van der Waals surface area contributed by atoms with E-state index in [-0.39, 0.29) is 0 Å². The molecule has 0 aliphatic heterocycles. The summed E-state index contributed by atoms with van der Waals surface area (Å²) in [6.07, 6.45) is 6.89. The van der Waals surface area contributed by atoms with Crippen LogP contribution in [-0.4, -0.2) is 19.9 Å². The lowest BCUT2D eigenvalue weighted by atomic mass is 10.7. The molecule has 0 saturated heterocycles. The summed E-state index contributed by atoms with van der Waals surface area (Å²) >= 11 is 0. The van der Waals surface area contributed by atoms with Gasteiger partial charge in [-0.1, -0.05) is 0 Å². The van der Waals surface area contributed by atoms with Crippen molar-refractivity contribution in [3.05, 3.63) is 36.9 Å². The van der Waals surface area contributed by atoms with Gasteiger partial charge in [0.2, 0.25) is 0 Å². The molecule has 76 valence electrons. The third kappa shape index (κ3) is 3.69. The summed E-state index contributed by atoms with van der Waals surface area (Å²) in [7, 11) is 4.53. The Morgan fingerprint density at radius 2 is 1.07 bits per heavy atom. The first-order valence-electron chi connectivity index (χ1n) is 4.00. The van der Waals surface area contributed by atoms with Crippen LogP contribution in [0.5, 0.6) is 0 Å². The Bertz CT molecular complexity index is 358. The highest BCUT2D eigenvalue weighted by atomic mass is 33.5. The Kier molecular flexibility index (Phi) is 4.24. The Morgan fingerprint density at radius 1 is 0.667 bits per heavy atom. The second-order valence-electron chi connectivity index (χ2n) is 2.30. The predicted octanol–water partition coefficient (Wildman–Crippen LogP) is 2.71. The van der Waals surface area contributed by atoms with E-state index < -0.39 is 0 Å². The molecular weight excluding hydrogens is 248 g/mol. The fraction of sp³-hybridized carbons (Fsp3) is 0. The van der Waals surface area contributed by atoms with Gasteiger partial charge < -0.3 is 0 Å². The Balaban J connectivity index is 1.81. The molecule has 2 heterocycles. The molecule has 0 radical (unpaired) electrons. The molecule has 0 fully saturated rings. The largest absolute Gasteiger partial charge is 0.230 e. The Labute approximate surface area is 98.5 Å². The molecule has 7 heteroatoms. The Hall–Kier alpha value is -0.790. The molecule has 2 rings (SSSR count). The van der Waals surface area contributed by atoms with Gasteiger partial charge in [0.25, 0.3) is 0 Å². The zero-order valence-electron chi connectivity index (χ0n) is 7.48. The molecule has 0 spiro atoms. The van der Waals surface area contributed by atoms with Crippen molar-refractivity contribution in [2.45, 2.75) is 10.3 Å². The zero-order chi connectivity index (χ0) is 10.3. The van der Waals surface area contributed by atoms with E-state index in [0.717, 1.165) is 10.3 Å². The van der Waals surface area contributed by atoms with Crippen LogP contribution >= 0.6 is 31.4 Å². The van der Waals surface area contributed by atoms with Gasteiger partial charge in [-0.05, 0) is 43.5 Å². The van der Waals surface area contributed by atoms with Crippen LogP contribution < -0.4 is 0 Å². The highest BCUT2D eigenvalue weighted by molar-refractivity contribution is 9.09. The Morgan fingerprint density at radius 3 is 1.47 bits per heavy atom.